The van der Waals surface area contributed by atoms with Crippen LogP contribution in [-0.2, 0) is 15.6 Å². The largest absolute Gasteiger partial charge is 0.398 e. The highest BCUT2D eigenvalue weighted by atomic mass is 79.9. The molecule has 0 heterocycles. The average Bonchev–Trinajstić information content (AvgIpc) is 2.33. The summed E-state index contributed by atoms with van der Waals surface area (Å²) in [5.74, 6) is -0.0472. The van der Waals surface area contributed by atoms with Crippen molar-refractivity contribution in [2.75, 3.05) is 5.73 Å². The highest BCUT2D eigenvalue weighted by Crippen LogP contribution is 2.25. The smallest absolute Gasteiger partial charge is 0.182 e. The number of benzene rings is 2. The molecule has 5 heteroatoms. The van der Waals surface area contributed by atoms with Gasteiger partial charge in [-0.25, -0.2) is 8.42 Å². The first-order chi connectivity index (χ1) is 9.29. The number of hydrogen-bond acceptors (Lipinski definition) is 3. The fourth-order valence-electron chi connectivity index (χ4n) is 2.13. The van der Waals surface area contributed by atoms with E-state index in [2.05, 4.69) is 15.9 Å². The van der Waals surface area contributed by atoms with Crippen LogP contribution >= 0.6 is 15.9 Å². The number of sulfone groups is 1. The summed E-state index contributed by atoms with van der Waals surface area (Å²) >= 11 is 3.30. The van der Waals surface area contributed by atoms with Gasteiger partial charge in [-0.15, -0.1) is 0 Å². The Morgan fingerprint density at radius 3 is 2.40 bits per heavy atom. The van der Waals surface area contributed by atoms with E-state index in [4.69, 9.17) is 5.73 Å². The van der Waals surface area contributed by atoms with Crippen molar-refractivity contribution in [1.82, 2.24) is 0 Å². The molecule has 0 amide bonds. The SMILES string of the molecule is Cc1ccc(S(=O)(=O)Cc2ccc(Br)c(N)c2)c(C)c1. The van der Waals surface area contributed by atoms with Crippen LogP contribution in [0.15, 0.2) is 45.8 Å². The van der Waals surface area contributed by atoms with Gasteiger partial charge in [-0.1, -0.05) is 23.8 Å². The number of aryl methyl sites for hydroxylation is 2. The third-order valence-corrected chi connectivity index (χ3v) is 5.65. The van der Waals surface area contributed by atoms with Crippen LogP contribution in [0.2, 0.25) is 0 Å². The van der Waals surface area contributed by atoms with E-state index in [0.29, 0.717) is 16.1 Å². The Morgan fingerprint density at radius 2 is 1.80 bits per heavy atom. The molecule has 0 saturated carbocycles. The molecule has 2 aromatic rings. The lowest BCUT2D eigenvalue weighted by molar-refractivity contribution is 0.594. The van der Waals surface area contributed by atoms with Gasteiger partial charge in [-0.3, -0.25) is 0 Å². The van der Waals surface area contributed by atoms with Crippen molar-refractivity contribution in [3.05, 3.63) is 57.6 Å². The molecule has 2 rings (SSSR count). The number of anilines is 1. The predicted molar refractivity (Wildman–Crippen MR) is 85.4 cm³/mol. The number of hydrogen-bond donors (Lipinski definition) is 1. The molecule has 0 fully saturated rings. The Kier molecular flexibility index (Phi) is 4.20. The Hall–Kier alpha value is -1.33. The van der Waals surface area contributed by atoms with E-state index in [1.54, 1.807) is 24.3 Å². The molecule has 0 aliphatic rings. The van der Waals surface area contributed by atoms with E-state index in [1.165, 1.54) is 0 Å². The molecule has 0 radical (unpaired) electrons. The van der Waals surface area contributed by atoms with E-state index in [9.17, 15) is 8.42 Å². The summed E-state index contributed by atoms with van der Waals surface area (Å²) in [5, 5.41) is 0. The molecule has 3 nitrogen and oxygen atoms in total. The van der Waals surface area contributed by atoms with Gasteiger partial charge in [0.15, 0.2) is 9.84 Å². The Balaban J connectivity index is 2.38. The van der Waals surface area contributed by atoms with Gasteiger partial charge in [-0.05, 0) is 59.1 Å². The Bertz CT molecular complexity index is 754. The van der Waals surface area contributed by atoms with Crippen LogP contribution < -0.4 is 5.73 Å². The number of halogens is 1. The molecule has 20 heavy (non-hydrogen) atoms. The first kappa shape index (κ1) is 15.1. The second-order valence-corrected chi connectivity index (χ2v) is 7.70. The molecule has 0 bridgehead atoms. The van der Waals surface area contributed by atoms with E-state index in [0.717, 1.165) is 15.6 Å². The standard InChI is InChI=1S/C15H16BrNO2S/c1-10-3-6-15(11(2)7-10)20(18,19)9-12-4-5-13(16)14(17)8-12/h3-8H,9,17H2,1-2H3. The number of rotatable bonds is 3. The van der Waals surface area contributed by atoms with E-state index in [1.807, 2.05) is 26.0 Å². The summed E-state index contributed by atoms with van der Waals surface area (Å²) in [7, 11) is -3.36. The quantitative estimate of drug-likeness (QED) is 0.857. The van der Waals surface area contributed by atoms with Crippen LogP contribution in [0.25, 0.3) is 0 Å². The minimum Gasteiger partial charge on any atom is -0.398 e. The Labute approximate surface area is 127 Å². The van der Waals surface area contributed by atoms with Crippen molar-refractivity contribution >= 4 is 31.5 Å². The summed E-state index contributed by atoms with van der Waals surface area (Å²) in [4.78, 5) is 0.379. The normalized spacial score (nSPS) is 11.6. The van der Waals surface area contributed by atoms with Crippen LogP contribution in [0.3, 0.4) is 0 Å². The zero-order chi connectivity index (χ0) is 14.9. The van der Waals surface area contributed by atoms with E-state index >= 15 is 0 Å². The molecule has 106 valence electrons. The average molecular weight is 354 g/mol. The molecule has 0 saturated heterocycles. The molecule has 0 atom stereocenters. The second-order valence-electron chi connectivity index (χ2n) is 4.88. The lowest BCUT2D eigenvalue weighted by atomic mass is 10.2. The highest BCUT2D eigenvalue weighted by Gasteiger charge is 2.18. The molecule has 2 aromatic carbocycles. The third kappa shape index (κ3) is 3.22. The van der Waals surface area contributed by atoms with Crippen molar-refractivity contribution < 1.29 is 8.42 Å². The van der Waals surface area contributed by atoms with Gasteiger partial charge in [-0.2, -0.15) is 0 Å². The minimum absolute atomic E-state index is 0.0472. The van der Waals surface area contributed by atoms with Crippen LogP contribution in [-0.4, -0.2) is 8.42 Å². The molecule has 0 unspecified atom stereocenters. The molecule has 0 spiro atoms. The molecule has 0 aliphatic carbocycles. The molecule has 2 N–H and O–H groups in total. The van der Waals surface area contributed by atoms with Gasteiger partial charge in [0.25, 0.3) is 0 Å². The maximum Gasteiger partial charge on any atom is 0.182 e. The summed E-state index contributed by atoms with van der Waals surface area (Å²) in [5.41, 5.74) is 8.84. The number of nitrogen functional groups attached to an aromatic ring is 1. The van der Waals surface area contributed by atoms with Gasteiger partial charge in [0, 0.05) is 10.2 Å². The van der Waals surface area contributed by atoms with Crippen LogP contribution in [0.4, 0.5) is 5.69 Å². The third-order valence-electron chi connectivity index (χ3n) is 3.08. The van der Waals surface area contributed by atoms with Crippen molar-refractivity contribution in [2.45, 2.75) is 24.5 Å². The highest BCUT2D eigenvalue weighted by molar-refractivity contribution is 9.10. The Morgan fingerprint density at radius 1 is 1.10 bits per heavy atom. The molecular weight excluding hydrogens is 338 g/mol. The van der Waals surface area contributed by atoms with E-state index < -0.39 is 9.84 Å². The zero-order valence-electron chi connectivity index (χ0n) is 11.4. The molecule has 0 aliphatic heterocycles. The molecule has 0 aromatic heterocycles. The van der Waals surface area contributed by atoms with E-state index in [-0.39, 0.29) is 5.75 Å². The number of nitrogens with two attached hydrogens (primary N) is 1. The topological polar surface area (TPSA) is 60.2 Å². The van der Waals surface area contributed by atoms with Crippen LogP contribution in [0.5, 0.6) is 0 Å². The van der Waals surface area contributed by atoms with Crippen LogP contribution in [0.1, 0.15) is 16.7 Å². The maximum absolute atomic E-state index is 12.5. The van der Waals surface area contributed by atoms with Gasteiger partial charge < -0.3 is 5.73 Å². The monoisotopic (exact) mass is 353 g/mol. The summed E-state index contributed by atoms with van der Waals surface area (Å²) in [6.45, 7) is 3.76. The lowest BCUT2D eigenvalue weighted by Gasteiger charge is -2.09. The summed E-state index contributed by atoms with van der Waals surface area (Å²) < 4.78 is 25.7. The lowest BCUT2D eigenvalue weighted by Crippen LogP contribution is -2.07. The van der Waals surface area contributed by atoms with Crippen molar-refractivity contribution in [2.24, 2.45) is 0 Å². The first-order valence-electron chi connectivity index (χ1n) is 6.13. The minimum atomic E-state index is -3.36. The predicted octanol–water partition coefficient (Wildman–Crippen LogP) is 3.62. The van der Waals surface area contributed by atoms with Crippen LogP contribution in [0, 0.1) is 13.8 Å². The fraction of sp³-hybridized carbons (Fsp3) is 0.200. The fourth-order valence-corrected chi connectivity index (χ4v) is 3.97. The van der Waals surface area contributed by atoms with Gasteiger partial charge in [0.05, 0.1) is 10.6 Å². The molecular formula is C15H16BrNO2S. The van der Waals surface area contributed by atoms with Gasteiger partial charge in [0.2, 0.25) is 0 Å². The summed E-state index contributed by atoms with van der Waals surface area (Å²) in [6.07, 6.45) is 0. The van der Waals surface area contributed by atoms with Gasteiger partial charge in [0.1, 0.15) is 0 Å². The maximum atomic E-state index is 12.5. The van der Waals surface area contributed by atoms with Gasteiger partial charge >= 0.3 is 0 Å². The van der Waals surface area contributed by atoms with Crippen molar-refractivity contribution in [3.8, 4) is 0 Å². The second kappa shape index (κ2) is 5.58. The first-order valence-corrected chi connectivity index (χ1v) is 8.58. The van der Waals surface area contributed by atoms with Crippen molar-refractivity contribution in [3.63, 3.8) is 0 Å². The summed E-state index contributed by atoms with van der Waals surface area (Å²) in [6, 6.07) is 10.6. The van der Waals surface area contributed by atoms with Crippen molar-refractivity contribution in [1.29, 1.82) is 0 Å². The zero-order valence-corrected chi connectivity index (χ0v) is 13.8.